The third kappa shape index (κ3) is 5.10. The second kappa shape index (κ2) is 9.72. The summed E-state index contributed by atoms with van der Waals surface area (Å²) in [7, 11) is 0. The number of fused-ring (bicyclic) bond motifs is 1. The van der Waals surface area contributed by atoms with Crippen LogP contribution >= 0.6 is 11.3 Å². The number of anilines is 1. The molecule has 0 atom stereocenters. The van der Waals surface area contributed by atoms with Gasteiger partial charge in [0.25, 0.3) is 11.8 Å². The third-order valence-corrected chi connectivity index (χ3v) is 7.31. The molecule has 0 unspecified atom stereocenters. The van der Waals surface area contributed by atoms with Gasteiger partial charge in [-0.1, -0.05) is 24.1 Å². The van der Waals surface area contributed by atoms with Crippen LogP contribution in [0, 0.1) is 25.7 Å². The zero-order chi connectivity index (χ0) is 24.4. The van der Waals surface area contributed by atoms with E-state index in [0.29, 0.717) is 24.7 Å². The molecule has 1 saturated heterocycles. The number of likely N-dealkylation sites (tertiary alicyclic amines) is 1. The molecule has 2 amide bonds. The van der Waals surface area contributed by atoms with Crippen LogP contribution in [0.3, 0.4) is 0 Å². The van der Waals surface area contributed by atoms with Gasteiger partial charge >= 0.3 is 0 Å². The van der Waals surface area contributed by atoms with Gasteiger partial charge in [-0.2, -0.15) is 0 Å². The average Bonchev–Trinajstić information content (AvgIpc) is 3.51. The number of aromatic amines is 1. The number of aryl methyl sites for hydroxylation is 2. The first-order chi connectivity index (χ1) is 17.0. The van der Waals surface area contributed by atoms with Crippen LogP contribution in [-0.4, -0.2) is 44.8 Å². The Hall–Kier alpha value is -3.96. The molecule has 7 nitrogen and oxygen atoms in total. The Morgan fingerprint density at radius 1 is 1.09 bits per heavy atom. The molecule has 8 heteroatoms. The van der Waals surface area contributed by atoms with Crippen LogP contribution in [0.5, 0.6) is 0 Å². The molecule has 3 heterocycles. The maximum Gasteiger partial charge on any atom is 0.298 e. The summed E-state index contributed by atoms with van der Waals surface area (Å²) in [6, 6.07) is 13.5. The minimum atomic E-state index is -0.288. The average molecular weight is 484 g/mol. The van der Waals surface area contributed by atoms with Crippen LogP contribution in [-0.2, 0) is 4.79 Å². The molecule has 5 rings (SSSR count). The molecule has 2 N–H and O–H groups in total. The number of rotatable bonds is 3. The number of carbonyl (C=O) groups is 2. The standard InChI is InChI=1S/C27H25N5O2S/c1-17-14-21-22(15-18(17)2)30-27(29-21)31-25(34)23-16-35-26(28-23)20-10-12-32(13-11-20)24(33)9-8-19-6-4-3-5-7-19/h3-7,14-16,20H,10-13H2,1-2H3,(H2,29,30,31,34). The first-order valence-corrected chi connectivity index (χ1v) is 12.4. The van der Waals surface area contributed by atoms with Crippen molar-refractivity contribution in [2.24, 2.45) is 0 Å². The van der Waals surface area contributed by atoms with Gasteiger partial charge in [-0.25, -0.2) is 9.97 Å². The number of thiazole rings is 1. The number of nitrogens with zero attached hydrogens (tertiary/aromatic N) is 3. The van der Waals surface area contributed by atoms with E-state index in [1.807, 2.05) is 56.3 Å². The molecule has 4 aromatic rings. The molecule has 1 aliphatic heterocycles. The molecule has 0 radical (unpaired) electrons. The van der Waals surface area contributed by atoms with Crippen LogP contribution in [0.4, 0.5) is 5.95 Å². The van der Waals surface area contributed by atoms with Crippen LogP contribution in [0.15, 0.2) is 47.8 Å². The van der Waals surface area contributed by atoms with Gasteiger partial charge in [-0.05, 0) is 62.1 Å². The van der Waals surface area contributed by atoms with E-state index in [4.69, 9.17) is 0 Å². The van der Waals surface area contributed by atoms with Gasteiger partial charge in [-0.15, -0.1) is 11.3 Å². The number of benzene rings is 2. The maximum atomic E-state index is 12.8. The molecular formula is C27H25N5O2S. The third-order valence-electron chi connectivity index (χ3n) is 6.30. The van der Waals surface area contributed by atoms with Gasteiger partial charge in [0.15, 0.2) is 0 Å². The van der Waals surface area contributed by atoms with Crippen molar-refractivity contribution >= 4 is 40.1 Å². The highest BCUT2D eigenvalue weighted by molar-refractivity contribution is 7.10. The van der Waals surface area contributed by atoms with Crippen molar-refractivity contribution < 1.29 is 9.59 Å². The summed E-state index contributed by atoms with van der Waals surface area (Å²) in [4.78, 5) is 39.2. The molecule has 2 aromatic carbocycles. The molecule has 0 saturated carbocycles. The molecule has 2 aromatic heterocycles. The fourth-order valence-electron chi connectivity index (χ4n) is 4.14. The Balaban J connectivity index is 1.18. The summed E-state index contributed by atoms with van der Waals surface area (Å²) in [5, 5.41) is 5.53. The molecule has 0 aliphatic carbocycles. The predicted molar refractivity (Wildman–Crippen MR) is 138 cm³/mol. The lowest BCUT2D eigenvalue weighted by Gasteiger charge is -2.29. The first kappa shape index (κ1) is 22.8. The highest BCUT2D eigenvalue weighted by Gasteiger charge is 2.26. The lowest BCUT2D eigenvalue weighted by molar-refractivity contribution is -0.126. The van der Waals surface area contributed by atoms with Crippen molar-refractivity contribution in [3.8, 4) is 11.8 Å². The van der Waals surface area contributed by atoms with Crippen LogP contribution in [0.1, 0.15) is 50.9 Å². The smallest absolute Gasteiger partial charge is 0.298 e. The van der Waals surface area contributed by atoms with Gasteiger partial charge in [0.1, 0.15) is 5.69 Å². The number of nitrogens with one attached hydrogen (secondary N) is 2. The molecule has 0 spiro atoms. The lowest BCUT2D eigenvalue weighted by Crippen LogP contribution is -2.37. The number of aromatic nitrogens is 3. The van der Waals surface area contributed by atoms with E-state index >= 15 is 0 Å². The number of amides is 2. The Kier molecular flexibility index (Phi) is 6.34. The van der Waals surface area contributed by atoms with Crippen molar-refractivity contribution in [2.45, 2.75) is 32.6 Å². The van der Waals surface area contributed by atoms with Crippen molar-refractivity contribution in [3.63, 3.8) is 0 Å². The normalized spacial score (nSPS) is 13.9. The number of hydrogen-bond acceptors (Lipinski definition) is 5. The van der Waals surface area contributed by atoms with E-state index in [1.165, 1.54) is 16.9 Å². The summed E-state index contributed by atoms with van der Waals surface area (Å²) >= 11 is 1.49. The Morgan fingerprint density at radius 2 is 1.83 bits per heavy atom. The summed E-state index contributed by atoms with van der Waals surface area (Å²) in [6.07, 6.45) is 1.60. The van der Waals surface area contributed by atoms with Crippen molar-refractivity contribution in [3.05, 3.63) is 75.2 Å². The van der Waals surface area contributed by atoms with Crippen LogP contribution in [0.2, 0.25) is 0 Å². The monoisotopic (exact) mass is 483 g/mol. The molecule has 176 valence electrons. The molecule has 1 fully saturated rings. The minimum absolute atomic E-state index is 0.150. The second-order valence-corrected chi connectivity index (χ2v) is 9.64. The molecule has 1 aliphatic rings. The van der Waals surface area contributed by atoms with Gasteiger partial charge in [0, 0.05) is 35.9 Å². The number of piperidine rings is 1. The van der Waals surface area contributed by atoms with Crippen LogP contribution in [0.25, 0.3) is 11.0 Å². The number of imidazole rings is 1. The minimum Gasteiger partial charge on any atom is -0.332 e. The van der Waals surface area contributed by atoms with Crippen molar-refractivity contribution in [1.82, 2.24) is 19.9 Å². The number of hydrogen-bond donors (Lipinski definition) is 2. The highest BCUT2D eigenvalue weighted by Crippen LogP contribution is 2.30. The molecular weight excluding hydrogens is 458 g/mol. The fourth-order valence-corrected chi connectivity index (χ4v) is 5.11. The molecule has 0 bridgehead atoms. The van der Waals surface area contributed by atoms with E-state index in [-0.39, 0.29) is 17.7 Å². The zero-order valence-electron chi connectivity index (χ0n) is 19.6. The van der Waals surface area contributed by atoms with E-state index in [9.17, 15) is 9.59 Å². The Bertz CT molecular complexity index is 1410. The van der Waals surface area contributed by atoms with Crippen LogP contribution < -0.4 is 5.32 Å². The quantitative estimate of drug-likeness (QED) is 0.415. The maximum absolute atomic E-state index is 12.8. The summed E-state index contributed by atoms with van der Waals surface area (Å²) in [6.45, 7) is 5.35. The second-order valence-electron chi connectivity index (χ2n) is 8.75. The van der Waals surface area contributed by atoms with Gasteiger partial charge in [0.05, 0.1) is 16.0 Å². The van der Waals surface area contributed by atoms with E-state index in [2.05, 4.69) is 32.1 Å². The SMILES string of the molecule is Cc1cc2nc(NC(=O)c3csc(C4CCN(C(=O)C#Cc5ccccc5)CC4)n3)[nH]c2cc1C. The highest BCUT2D eigenvalue weighted by atomic mass is 32.1. The molecule has 35 heavy (non-hydrogen) atoms. The van der Waals surface area contributed by atoms with Crippen molar-refractivity contribution in [1.29, 1.82) is 0 Å². The predicted octanol–water partition coefficient (Wildman–Crippen LogP) is 4.65. The fraction of sp³-hybridized carbons (Fsp3) is 0.259. The largest absolute Gasteiger partial charge is 0.332 e. The van der Waals surface area contributed by atoms with E-state index < -0.39 is 0 Å². The summed E-state index contributed by atoms with van der Waals surface area (Å²) in [5.74, 6) is 5.87. The van der Waals surface area contributed by atoms with Crippen molar-refractivity contribution in [2.75, 3.05) is 18.4 Å². The van der Waals surface area contributed by atoms with Gasteiger partial charge in [-0.3, -0.25) is 14.9 Å². The number of H-pyrrole nitrogens is 1. The number of carbonyl (C=O) groups excluding carboxylic acids is 2. The Labute approximate surface area is 207 Å². The van der Waals surface area contributed by atoms with Gasteiger partial charge in [0.2, 0.25) is 5.95 Å². The Morgan fingerprint density at radius 3 is 2.60 bits per heavy atom. The summed E-state index contributed by atoms with van der Waals surface area (Å²) < 4.78 is 0. The van der Waals surface area contributed by atoms with E-state index in [0.717, 1.165) is 40.0 Å². The topological polar surface area (TPSA) is 91.0 Å². The first-order valence-electron chi connectivity index (χ1n) is 11.6. The lowest BCUT2D eigenvalue weighted by atomic mass is 9.97. The summed E-state index contributed by atoms with van der Waals surface area (Å²) in [5.41, 5.74) is 5.23. The van der Waals surface area contributed by atoms with E-state index in [1.54, 1.807) is 10.3 Å². The zero-order valence-corrected chi connectivity index (χ0v) is 20.4. The van der Waals surface area contributed by atoms with Gasteiger partial charge < -0.3 is 9.88 Å².